The average molecular weight is 231 g/mol. The van der Waals surface area contributed by atoms with E-state index < -0.39 is 0 Å². The van der Waals surface area contributed by atoms with Gasteiger partial charge in [0, 0.05) is 26.4 Å². The Balaban J connectivity index is 1.80. The zero-order chi connectivity index (χ0) is 11.6. The summed E-state index contributed by atoms with van der Waals surface area (Å²) in [5.41, 5.74) is 0. The standard InChI is InChI=1S/C12H25NO3/c1-11(9-14-2)13-6-4-7-15-10-12-5-3-8-16-12/h11-13H,3-10H2,1-2H3/t11-,12-/m1/s1. The van der Waals surface area contributed by atoms with E-state index >= 15 is 0 Å². The third-order valence-corrected chi connectivity index (χ3v) is 2.70. The molecule has 0 aromatic heterocycles. The van der Waals surface area contributed by atoms with Crippen molar-refractivity contribution in [3.05, 3.63) is 0 Å². The predicted octanol–water partition coefficient (Wildman–Crippen LogP) is 1.20. The lowest BCUT2D eigenvalue weighted by atomic mass is 10.2. The molecule has 0 unspecified atom stereocenters. The van der Waals surface area contributed by atoms with Gasteiger partial charge in [-0.3, -0.25) is 0 Å². The topological polar surface area (TPSA) is 39.7 Å². The van der Waals surface area contributed by atoms with Gasteiger partial charge in [-0.1, -0.05) is 0 Å². The zero-order valence-corrected chi connectivity index (χ0v) is 10.5. The van der Waals surface area contributed by atoms with Crippen molar-refractivity contribution in [3.8, 4) is 0 Å². The summed E-state index contributed by atoms with van der Waals surface area (Å²) in [6.07, 6.45) is 3.73. The summed E-state index contributed by atoms with van der Waals surface area (Å²) < 4.78 is 16.1. The second-order valence-corrected chi connectivity index (χ2v) is 4.37. The maximum Gasteiger partial charge on any atom is 0.0809 e. The van der Waals surface area contributed by atoms with Crippen molar-refractivity contribution in [2.24, 2.45) is 0 Å². The molecule has 4 heteroatoms. The molecular weight excluding hydrogens is 206 g/mol. The van der Waals surface area contributed by atoms with Crippen LogP contribution >= 0.6 is 0 Å². The monoisotopic (exact) mass is 231 g/mol. The maximum atomic E-state index is 5.56. The molecule has 0 amide bonds. The number of nitrogens with one attached hydrogen (secondary N) is 1. The van der Waals surface area contributed by atoms with Gasteiger partial charge in [0.25, 0.3) is 0 Å². The second kappa shape index (κ2) is 8.93. The molecule has 1 heterocycles. The van der Waals surface area contributed by atoms with Gasteiger partial charge in [0.2, 0.25) is 0 Å². The van der Waals surface area contributed by atoms with Gasteiger partial charge in [0.1, 0.15) is 0 Å². The van der Waals surface area contributed by atoms with Crippen molar-refractivity contribution in [1.82, 2.24) is 5.32 Å². The molecule has 0 aliphatic carbocycles. The van der Waals surface area contributed by atoms with Crippen molar-refractivity contribution in [3.63, 3.8) is 0 Å². The lowest BCUT2D eigenvalue weighted by molar-refractivity contribution is 0.0164. The van der Waals surface area contributed by atoms with E-state index in [0.717, 1.165) is 45.8 Å². The Morgan fingerprint density at radius 3 is 3.06 bits per heavy atom. The quantitative estimate of drug-likeness (QED) is 0.605. The van der Waals surface area contributed by atoms with Crippen LogP contribution in [0.15, 0.2) is 0 Å². The van der Waals surface area contributed by atoms with Crippen LogP contribution in [-0.2, 0) is 14.2 Å². The van der Waals surface area contributed by atoms with Crippen LogP contribution in [0.1, 0.15) is 26.2 Å². The molecule has 1 aliphatic rings. The number of ether oxygens (including phenoxy) is 3. The fourth-order valence-electron chi connectivity index (χ4n) is 1.82. The zero-order valence-electron chi connectivity index (χ0n) is 10.5. The molecule has 0 aromatic carbocycles. The van der Waals surface area contributed by atoms with Crippen LogP contribution in [-0.4, -0.2) is 52.2 Å². The Bertz CT molecular complexity index is 160. The Morgan fingerprint density at radius 1 is 1.50 bits per heavy atom. The van der Waals surface area contributed by atoms with E-state index in [1.54, 1.807) is 7.11 Å². The third-order valence-electron chi connectivity index (χ3n) is 2.70. The highest BCUT2D eigenvalue weighted by Crippen LogP contribution is 2.11. The molecule has 4 nitrogen and oxygen atoms in total. The van der Waals surface area contributed by atoms with Crippen LogP contribution in [0.25, 0.3) is 0 Å². The summed E-state index contributed by atoms with van der Waals surface area (Å²) in [7, 11) is 1.73. The summed E-state index contributed by atoms with van der Waals surface area (Å²) in [5, 5.41) is 3.38. The molecule has 0 bridgehead atoms. The maximum absolute atomic E-state index is 5.56. The fraction of sp³-hybridized carbons (Fsp3) is 1.00. The fourth-order valence-corrected chi connectivity index (χ4v) is 1.82. The van der Waals surface area contributed by atoms with Crippen LogP contribution < -0.4 is 5.32 Å². The first-order valence-corrected chi connectivity index (χ1v) is 6.24. The molecule has 0 radical (unpaired) electrons. The smallest absolute Gasteiger partial charge is 0.0809 e. The highest BCUT2D eigenvalue weighted by molar-refractivity contribution is 4.63. The summed E-state index contributed by atoms with van der Waals surface area (Å²) in [5.74, 6) is 0. The van der Waals surface area contributed by atoms with E-state index in [0.29, 0.717) is 12.1 Å². The highest BCUT2D eigenvalue weighted by Gasteiger charge is 2.14. The van der Waals surface area contributed by atoms with Gasteiger partial charge in [-0.25, -0.2) is 0 Å². The van der Waals surface area contributed by atoms with Crippen LogP contribution in [0.3, 0.4) is 0 Å². The van der Waals surface area contributed by atoms with Crippen molar-refractivity contribution in [2.75, 3.05) is 40.1 Å². The van der Waals surface area contributed by atoms with Gasteiger partial charge < -0.3 is 19.5 Å². The Morgan fingerprint density at radius 2 is 2.38 bits per heavy atom. The summed E-state index contributed by atoms with van der Waals surface area (Å²) in [4.78, 5) is 0. The molecule has 1 rings (SSSR count). The lowest BCUT2D eigenvalue weighted by Gasteiger charge is -2.13. The molecule has 0 saturated carbocycles. The third kappa shape index (κ3) is 6.43. The minimum Gasteiger partial charge on any atom is -0.383 e. The molecule has 1 saturated heterocycles. The minimum absolute atomic E-state index is 0.348. The molecular formula is C12H25NO3. The lowest BCUT2D eigenvalue weighted by Crippen LogP contribution is -2.31. The van der Waals surface area contributed by atoms with Gasteiger partial charge in [0.05, 0.1) is 19.3 Å². The number of hydrogen-bond acceptors (Lipinski definition) is 4. The van der Waals surface area contributed by atoms with E-state index in [4.69, 9.17) is 14.2 Å². The van der Waals surface area contributed by atoms with Gasteiger partial charge in [0.15, 0.2) is 0 Å². The van der Waals surface area contributed by atoms with Crippen molar-refractivity contribution < 1.29 is 14.2 Å². The Labute approximate surface area is 98.6 Å². The van der Waals surface area contributed by atoms with Crippen LogP contribution in [0, 0.1) is 0 Å². The van der Waals surface area contributed by atoms with Crippen LogP contribution in [0.2, 0.25) is 0 Å². The second-order valence-electron chi connectivity index (χ2n) is 4.37. The average Bonchev–Trinajstić information content (AvgIpc) is 2.76. The molecule has 2 atom stereocenters. The highest BCUT2D eigenvalue weighted by atomic mass is 16.5. The first-order valence-electron chi connectivity index (χ1n) is 6.24. The van der Waals surface area contributed by atoms with Crippen molar-refractivity contribution >= 4 is 0 Å². The van der Waals surface area contributed by atoms with E-state index in [-0.39, 0.29) is 0 Å². The number of rotatable bonds is 9. The molecule has 0 aromatic rings. The van der Waals surface area contributed by atoms with E-state index in [1.807, 2.05) is 0 Å². The van der Waals surface area contributed by atoms with Gasteiger partial charge >= 0.3 is 0 Å². The SMILES string of the molecule is COC[C@@H](C)NCCCOC[C@H]1CCCO1. The molecule has 96 valence electrons. The van der Waals surface area contributed by atoms with E-state index in [2.05, 4.69) is 12.2 Å². The van der Waals surface area contributed by atoms with Crippen LogP contribution in [0.5, 0.6) is 0 Å². The van der Waals surface area contributed by atoms with Crippen LogP contribution in [0.4, 0.5) is 0 Å². The van der Waals surface area contributed by atoms with Crippen molar-refractivity contribution in [2.45, 2.75) is 38.3 Å². The van der Waals surface area contributed by atoms with Gasteiger partial charge in [-0.05, 0) is 32.7 Å². The molecule has 1 N–H and O–H groups in total. The van der Waals surface area contributed by atoms with E-state index in [1.165, 1.54) is 6.42 Å². The molecule has 0 spiro atoms. The number of methoxy groups -OCH3 is 1. The minimum atomic E-state index is 0.348. The normalized spacial score (nSPS) is 22.5. The predicted molar refractivity (Wildman–Crippen MR) is 63.8 cm³/mol. The molecule has 1 fully saturated rings. The molecule has 16 heavy (non-hydrogen) atoms. The van der Waals surface area contributed by atoms with Crippen molar-refractivity contribution in [1.29, 1.82) is 0 Å². The molecule has 1 aliphatic heterocycles. The Hall–Kier alpha value is -0.160. The summed E-state index contributed by atoms with van der Waals surface area (Å²) >= 11 is 0. The Kier molecular flexibility index (Phi) is 7.76. The van der Waals surface area contributed by atoms with Gasteiger partial charge in [-0.2, -0.15) is 0 Å². The largest absolute Gasteiger partial charge is 0.383 e. The van der Waals surface area contributed by atoms with Gasteiger partial charge in [-0.15, -0.1) is 0 Å². The summed E-state index contributed by atoms with van der Waals surface area (Å²) in [6, 6.07) is 0.420. The number of hydrogen-bond donors (Lipinski definition) is 1. The summed E-state index contributed by atoms with van der Waals surface area (Å²) in [6.45, 7) is 6.34. The van der Waals surface area contributed by atoms with E-state index in [9.17, 15) is 0 Å². The first-order chi connectivity index (χ1) is 7.83. The first kappa shape index (κ1) is 13.9.